The minimum atomic E-state index is -0.236. The lowest BCUT2D eigenvalue weighted by Gasteiger charge is -2.02. The van der Waals surface area contributed by atoms with Gasteiger partial charge in [0.2, 0.25) is 0 Å². The van der Waals surface area contributed by atoms with Crippen LogP contribution in [-0.4, -0.2) is 11.2 Å². The van der Waals surface area contributed by atoms with Gasteiger partial charge >= 0.3 is 0 Å². The lowest BCUT2D eigenvalue weighted by atomic mass is 10.1. The zero-order valence-corrected chi connectivity index (χ0v) is 8.71. The molecular formula is C12H22O. The van der Waals surface area contributed by atoms with Gasteiger partial charge in [-0.3, -0.25) is 0 Å². The molecule has 1 atom stereocenters. The summed E-state index contributed by atoms with van der Waals surface area (Å²) in [6, 6.07) is 0. The third-order valence-electron chi connectivity index (χ3n) is 1.99. The average molecular weight is 182 g/mol. The predicted molar refractivity (Wildman–Crippen MR) is 58.7 cm³/mol. The van der Waals surface area contributed by atoms with Crippen molar-refractivity contribution in [2.24, 2.45) is 0 Å². The van der Waals surface area contributed by atoms with Crippen LogP contribution >= 0.6 is 0 Å². The minimum absolute atomic E-state index is 0.236. The van der Waals surface area contributed by atoms with Gasteiger partial charge in [0.25, 0.3) is 0 Å². The summed E-state index contributed by atoms with van der Waals surface area (Å²) in [5, 5.41) is 9.33. The van der Waals surface area contributed by atoms with E-state index in [4.69, 9.17) is 0 Å². The smallest absolute Gasteiger partial charge is 0.0608 e. The van der Waals surface area contributed by atoms with E-state index < -0.39 is 0 Å². The van der Waals surface area contributed by atoms with Crippen molar-refractivity contribution in [2.45, 2.75) is 51.6 Å². The molecule has 0 radical (unpaired) electrons. The zero-order valence-electron chi connectivity index (χ0n) is 8.71. The molecule has 1 N–H and O–H groups in total. The summed E-state index contributed by atoms with van der Waals surface area (Å²) in [5.74, 6) is 0. The fourth-order valence-corrected chi connectivity index (χ4v) is 1.17. The van der Waals surface area contributed by atoms with Crippen LogP contribution in [-0.2, 0) is 0 Å². The van der Waals surface area contributed by atoms with Crippen LogP contribution in [0.25, 0.3) is 0 Å². The highest BCUT2D eigenvalue weighted by molar-refractivity contribution is 4.86. The van der Waals surface area contributed by atoms with E-state index in [-0.39, 0.29) is 6.10 Å². The Hall–Kier alpha value is -0.560. The van der Waals surface area contributed by atoms with Crippen molar-refractivity contribution in [1.82, 2.24) is 0 Å². The van der Waals surface area contributed by atoms with Gasteiger partial charge in [-0.2, -0.15) is 0 Å². The van der Waals surface area contributed by atoms with Gasteiger partial charge in [-0.1, -0.05) is 38.0 Å². The van der Waals surface area contributed by atoms with Crippen LogP contribution in [0.1, 0.15) is 45.4 Å². The zero-order chi connectivity index (χ0) is 9.94. The molecule has 0 bridgehead atoms. The summed E-state index contributed by atoms with van der Waals surface area (Å²) in [7, 11) is 0. The summed E-state index contributed by atoms with van der Waals surface area (Å²) < 4.78 is 0. The summed E-state index contributed by atoms with van der Waals surface area (Å²) in [6.07, 6.45) is 12.2. The van der Waals surface area contributed by atoms with E-state index in [9.17, 15) is 5.11 Å². The average Bonchev–Trinajstić information content (AvgIpc) is 2.11. The van der Waals surface area contributed by atoms with Crippen LogP contribution in [0.2, 0.25) is 0 Å². The van der Waals surface area contributed by atoms with Gasteiger partial charge < -0.3 is 5.11 Å². The van der Waals surface area contributed by atoms with Gasteiger partial charge in [0.1, 0.15) is 0 Å². The monoisotopic (exact) mass is 182 g/mol. The summed E-state index contributed by atoms with van der Waals surface area (Å²) in [5.41, 5.74) is 0. The number of hydrogen-bond acceptors (Lipinski definition) is 1. The molecule has 0 aromatic rings. The molecule has 0 heterocycles. The second-order valence-electron chi connectivity index (χ2n) is 3.38. The maximum Gasteiger partial charge on any atom is 0.0608 e. The molecule has 0 aliphatic rings. The van der Waals surface area contributed by atoms with Crippen LogP contribution in [0.3, 0.4) is 0 Å². The lowest BCUT2D eigenvalue weighted by molar-refractivity contribution is 0.181. The molecule has 0 saturated carbocycles. The molecule has 1 nitrogen and oxygen atoms in total. The Morgan fingerprint density at radius 1 is 1.23 bits per heavy atom. The summed E-state index contributed by atoms with van der Waals surface area (Å²) >= 11 is 0. The number of rotatable bonds is 8. The van der Waals surface area contributed by atoms with Crippen molar-refractivity contribution < 1.29 is 5.11 Å². The highest BCUT2D eigenvalue weighted by Gasteiger charge is 1.95. The van der Waals surface area contributed by atoms with Gasteiger partial charge in [0.05, 0.1) is 6.10 Å². The molecule has 0 fully saturated rings. The van der Waals surface area contributed by atoms with Gasteiger partial charge in [0.15, 0.2) is 0 Å². The third-order valence-corrected chi connectivity index (χ3v) is 1.99. The highest BCUT2D eigenvalue weighted by Crippen LogP contribution is 2.03. The fraction of sp³-hybridized carbons (Fsp3) is 0.667. The molecule has 0 aliphatic carbocycles. The molecule has 0 rings (SSSR count). The summed E-state index contributed by atoms with van der Waals surface area (Å²) in [4.78, 5) is 0. The standard InChI is InChI=1S/C12H22O/c1-3-5-6-7-8-9-11-12(13)10-4-2/h4,8-9,12-13H,2-3,5-7,10-11H2,1H3/b9-8+/t12-/m0/s1. The Morgan fingerprint density at radius 3 is 2.62 bits per heavy atom. The van der Waals surface area contributed by atoms with Crippen LogP contribution in [0, 0.1) is 0 Å². The first-order valence-corrected chi connectivity index (χ1v) is 5.25. The second kappa shape index (κ2) is 9.53. The largest absolute Gasteiger partial charge is 0.392 e. The van der Waals surface area contributed by atoms with E-state index >= 15 is 0 Å². The quantitative estimate of drug-likeness (QED) is 0.450. The number of unbranched alkanes of at least 4 members (excludes halogenated alkanes) is 3. The first-order valence-electron chi connectivity index (χ1n) is 5.25. The Bertz CT molecular complexity index is 138. The normalized spacial score (nSPS) is 13.4. The molecule has 0 unspecified atom stereocenters. The van der Waals surface area contributed by atoms with Crippen molar-refractivity contribution in [2.75, 3.05) is 0 Å². The third kappa shape index (κ3) is 9.35. The number of aliphatic hydroxyl groups is 1. The SMILES string of the molecule is C=CC[C@H](O)C/C=C/CCCCC. The van der Waals surface area contributed by atoms with E-state index in [1.165, 1.54) is 19.3 Å². The number of hydrogen-bond donors (Lipinski definition) is 1. The minimum Gasteiger partial charge on any atom is -0.392 e. The second-order valence-corrected chi connectivity index (χ2v) is 3.38. The van der Waals surface area contributed by atoms with E-state index in [2.05, 4.69) is 25.7 Å². The van der Waals surface area contributed by atoms with E-state index in [0.717, 1.165) is 12.8 Å². The first kappa shape index (κ1) is 12.4. The van der Waals surface area contributed by atoms with E-state index in [1.807, 2.05) is 0 Å². The van der Waals surface area contributed by atoms with E-state index in [0.29, 0.717) is 6.42 Å². The van der Waals surface area contributed by atoms with Crippen molar-refractivity contribution in [3.8, 4) is 0 Å². The highest BCUT2D eigenvalue weighted by atomic mass is 16.3. The topological polar surface area (TPSA) is 20.2 Å². The van der Waals surface area contributed by atoms with Crippen molar-refractivity contribution in [3.63, 3.8) is 0 Å². The van der Waals surface area contributed by atoms with Crippen molar-refractivity contribution >= 4 is 0 Å². The molecule has 0 aromatic carbocycles. The molecule has 0 aromatic heterocycles. The molecule has 0 spiro atoms. The number of allylic oxidation sites excluding steroid dienone is 1. The van der Waals surface area contributed by atoms with Crippen LogP contribution < -0.4 is 0 Å². The number of aliphatic hydroxyl groups excluding tert-OH is 1. The van der Waals surface area contributed by atoms with Crippen molar-refractivity contribution in [3.05, 3.63) is 24.8 Å². The van der Waals surface area contributed by atoms with Crippen LogP contribution in [0.15, 0.2) is 24.8 Å². The van der Waals surface area contributed by atoms with Gasteiger partial charge in [-0.05, 0) is 25.7 Å². The fourth-order valence-electron chi connectivity index (χ4n) is 1.17. The Balaban J connectivity index is 3.24. The lowest BCUT2D eigenvalue weighted by Crippen LogP contribution is -2.01. The first-order chi connectivity index (χ1) is 6.31. The molecule has 76 valence electrons. The Kier molecular flexibility index (Phi) is 9.12. The molecule has 13 heavy (non-hydrogen) atoms. The van der Waals surface area contributed by atoms with Crippen molar-refractivity contribution in [1.29, 1.82) is 0 Å². The van der Waals surface area contributed by atoms with Gasteiger partial charge in [-0.15, -0.1) is 6.58 Å². The summed E-state index contributed by atoms with van der Waals surface area (Å²) in [6.45, 7) is 5.79. The Morgan fingerprint density at radius 2 is 2.00 bits per heavy atom. The molecule has 0 amide bonds. The Labute approximate surface area is 82.2 Å². The molecular weight excluding hydrogens is 160 g/mol. The predicted octanol–water partition coefficient (Wildman–Crippen LogP) is 3.45. The molecule has 0 saturated heterocycles. The van der Waals surface area contributed by atoms with Gasteiger partial charge in [-0.25, -0.2) is 0 Å². The van der Waals surface area contributed by atoms with Crippen LogP contribution in [0.5, 0.6) is 0 Å². The van der Waals surface area contributed by atoms with Gasteiger partial charge in [0, 0.05) is 0 Å². The van der Waals surface area contributed by atoms with Crippen LogP contribution in [0.4, 0.5) is 0 Å². The maximum atomic E-state index is 9.33. The molecule has 1 heteroatoms. The maximum absolute atomic E-state index is 9.33. The molecule has 0 aliphatic heterocycles. The van der Waals surface area contributed by atoms with E-state index in [1.54, 1.807) is 6.08 Å².